The molecular formula is C17H19Cl2NO. The van der Waals surface area contributed by atoms with Crippen molar-refractivity contribution >= 4 is 23.2 Å². The van der Waals surface area contributed by atoms with Crippen molar-refractivity contribution in [2.24, 2.45) is 0 Å². The van der Waals surface area contributed by atoms with Crippen LogP contribution in [0.1, 0.15) is 23.6 Å². The van der Waals surface area contributed by atoms with Gasteiger partial charge in [-0.2, -0.15) is 0 Å². The molecule has 0 bridgehead atoms. The second-order valence-electron chi connectivity index (χ2n) is 4.87. The Labute approximate surface area is 136 Å². The first kappa shape index (κ1) is 16.2. The molecule has 0 unspecified atom stereocenters. The number of halogens is 2. The Hall–Kier alpha value is -1.22. The molecule has 2 nitrogen and oxygen atoms in total. The lowest BCUT2D eigenvalue weighted by atomic mass is 10.1. The number of hydrogen-bond acceptors (Lipinski definition) is 2. The van der Waals surface area contributed by atoms with Gasteiger partial charge in [0.15, 0.2) is 0 Å². The minimum absolute atomic E-state index is 0.406. The summed E-state index contributed by atoms with van der Waals surface area (Å²) >= 11 is 12.2. The first-order chi connectivity index (χ1) is 10.1. The second-order valence-corrected chi connectivity index (χ2v) is 5.71. The van der Waals surface area contributed by atoms with Gasteiger partial charge in [0, 0.05) is 27.7 Å². The molecule has 0 amide bonds. The second kappa shape index (κ2) is 7.69. The van der Waals surface area contributed by atoms with E-state index in [1.807, 2.05) is 25.1 Å². The van der Waals surface area contributed by atoms with Gasteiger partial charge in [0.1, 0.15) is 12.4 Å². The van der Waals surface area contributed by atoms with Crippen LogP contribution in [0.2, 0.25) is 10.0 Å². The fourth-order valence-corrected chi connectivity index (χ4v) is 2.49. The van der Waals surface area contributed by atoms with Crippen LogP contribution in [0.5, 0.6) is 5.75 Å². The van der Waals surface area contributed by atoms with Crippen molar-refractivity contribution in [3.63, 3.8) is 0 Å². The molecule has 0 saturated carbocycles. The Kier molecular flexibility index (Phi) is 5.92. The van der Waals surface area contributed by atoms with Crippen LogP contribution in [0.3, 0.4) is 0 Å². The van der Waals surface area contributed by atoms with Crippen molar-refractivity contribution in [3.05, 3.63) is 63.1 Å². The minimum atomic E-state index is 0.406. The summed E-state index contributed by atoms with van der Waals surface area (Å²) in [7, 11) is 0. The molecule has 2 aromatic rings. The summed E-state index contributed by atoms with van der Waals surface area (Å²) in [4.78, 5) is 0. The predicted molar refractivity (Wildman–Crippen MR) is 89.4 cm³/mol. The van der Waals surface area contributed by atoms with Crippen LogP contribution in [0.4, 0.5) is 0 Å². The molecule has 0 aliphatic heterocycles. The lowest BCUT2D eigenvalue weighted by Crippen LogP contribution is -2.13. The van der Waals surface area contributed by atoms with E-state index in [2.05, 4.69) is 18.3 Å². The molecule has 2 rings (SSSR count). The first-order valence-electron chi connectivity index (χ1n) is 6.97. The van der Waals surface area contributed by atoms with Crippen LogP contribution in [0, 0.1) is 6.92 Å². The van der Waals surface area contributed by atoms with Crippen molar-refractivity contribution in [2.45, 2.75) is 27.0 Å². The van der Waals surface area contributed by atoms with Crippen molar-refractivity contribution in [2.75, 3.05) is 6.54 Å². The average Bonchev–Trinajstić information content (AvgIpc) is 2.47. The lowest BCUT2D eigenvalue weighted by Gasteiger charge is -2.15. The molecule has 0 aliphatic carbocycles. The summed E-state index contributed by atoms with van der Waals surface area (Å²) in [6.07, 6.45) is 0. The van der Waals surface area contributed by atoms with Crippen LogP contribution in [0.25, 0.3) is 0 Å². The monoisotopic (exact) mass is 323 g/mol. The van der Waals surface area contributed by atoms with Crippen LogP contribution >= 0.6 is 23.2 Å². The highest BCUT2D eigenvalue weighted by molar-refractivity contribution is 6.33. The number of ether oxygens (including phenoxy) is 1. The SMILES string of the molecule is CCNCc1cccc(C)c1OCc1cc(Cl)ccc1Cl. The summed E-state index contributed by atoms with van der Waals surface area (Å²) in [5.74, 6) is 0.912. The molecule has 0 aliphatic rings. The molecule has 0 radical (unpaired) electrons. The highest BCUT2D eigenvalue weighted by Gasteiger charge is 2.09. The molecule has 4 heteroatoms. The van der Waals surface area contributed by atoms with E-state index >= 15 is 0 Å². The third-order valence-corrected chi connectivity index (χ3v) is 3.84. The van der Waals surface area contributed by atoms with Crippen LogP contribution in [-0.2, 0) is 13.2 Å². The number of para-hydroxylation sites is 1. The zero-order valence-electron chi connectivity index (χ0n) is 12.2. The summed E-state index contributed by atoms with van der Waals surface area (Å²) in [5.41, 5.74) is 3.15. The van der Waals surface area contributed by atoms with Gasteiger partial charge in [-0.1, -0.05) is 48.3 Å². The molecule has 0 heterocycles. The van der Waals surface area contributed by atoms with Gasteiger partial charge in [-0.25, -0.2) is 0 Å². The highest BCUT2D eigenvalue weighted by Crippen LogP contribution is 2.27. The van der Waals surface area contributed by atoms with Gasteiger partial charge in [-0.15, -0.1) is 0 Å². The topological polar surface area (TPSA) is 21.3 Å². The number of benzene rings is 2. The van der Waals surface area contributed by atoms with Gasteiger partial charge in [0.05, 0.1) is 0 Å². The van der Waals surface area contributed by atoms with Crippen LogP contribution in [-0.4, -0.2) is 6.54 Å². The third-order valence-electron chi connectivity index (χ3n) is 3.24. The quantitative estimate of drug-likeness (QED) is 0.808. The van der Waals surface area contributed by atoms with Gasteiger partial charge in [-0.05, 0) is 37.2 Å². The molecule has 0 spiro atoms. The fourth-order valence-electron chi connectivity index (χ4n) is 2.12. The Morgan fingerprint density at radius 1 is 1.10 bits per heavy atom. The van der Waals surface area contributed by atoms with Crippen molar-refractivity contribution in [3.8, 4) is 5.75 Å². The summed E-state index contributed by atoms with van der Waals surface area (Å²) in [6, 6.07) is 11.6. The molecular weight excluding hydrogens is 305 g/mol. The van der Waals surface area contributed by atoms with Crippen LogP contribution in [0.15, 0.2) is 36.4 Å². The highest BCUT2D eigenvalue weighted by atomic mass is 35.5. The Morgan fingerprint density at radius 2 is 1.90 bits per heavy atom. The number of hydrogen-bond donors (Lipinski definition) is 1. The third kappa shape index (κ3) is 4.37. The largest absolute Gasteiger partial charge is 0.488 e. The minimum Gasteiger partial charge on any atom is -0.488 e. The summed E-state index contributed by atoms with van der Waals surface area (Å²) in [6.45, 7) is 6.25. The normalized spacial score (nSPS) is 10.7. The van der Waals surface area contributed by atoms with Gasteiger partial charge < -0.3 is 10.1 Å². The Balaban J connectivity index is 2.17. The van der Waals surface area contributed by atoms with E-state index in [-0.39, 0.29) is 0 Å². The Morgan fingerprint density at radius 3 is 2.67 bits per heavy atom. The molecule has 0 aromatic heterocycles. The molecule has 2 aromatic carbocycles. The zero-order valence-corrected chi connectivity index (χ0v) is 13.8. The summed E-state index contributed by atoms with van der Waals surface area (Å²) in [5, 5.41) is 4.65. The van der Waals surface area contributed by atoms with Gasteiger partial charge in [-0.3, -0.25) is 0 Å². The number of aryl methyl sites for hydroxylation is 1. The average molecular weight is 324 g/mol. The van der Waals surface area contributed by atoms with Gasteiger partial charge in [0.25, 0.3) is 0 Å². The van der Waals surface area contributed by atoms with Gasteiger partial charge >= 0.3 is 0 Å². The van der Waals surface area contributed by atoms with E-state index in [1.165, 1.54) is 0 Å². The molecule has 112 valence electrons. The lowest BCUT2D eigenvalue weighted by molar-refractivity contribution is 0.300. The number of rotatable bonds is 6. The Bertz CT molecular complexity index is 614. The maximum Gasteiger partial charge on any atom is 0.127 e. The summed E-state index contributed by atoms with van der Waals surface area (Å²) < 4.78 is 6.00. The molecule has 0 atom stereocenters. The molecule has 0 saturated heterocycles. The molecule has 21 heavy (non-hydrogen) atoms. The standard InChI is InChI=1S/C17H19Cl2NO/c1-3-20-10-13-6-4-5-12(2)17(13)21-11-14-9-15(18)7-8-16(14)19/h4-9,20H,3,10-11H2,1-2H3. The van der Waals surface area contributed by atoms with E-state index in [4.69, 9.17) is 27.9 Å². The molecule has 1 N–H and O–H groups in total. The van der Waals surface area contributed by atoms with Crippen molar-refractivity contribution in [1.82, 2.24) is 5.32 Å². The van der Waals surface area contributed by atoms with E-state index in [0.717, 1.165) is 35.5 Å². The van der Waals surface area contributed by atoms with Gasteiger partial charge in [0.2, 0.25) is 0 Å². The van der Waals surface area contributed by atoms with Crippen LogP contribution < -0.4 is 10.1 Å². The maximum atomic E-state index is 6.17. The maximum absolute atomic E-state index is 6.17. The smallest absolute Gasteiger partial charge is 0.127 e. The first-order valence-corrected chi connectivity index (χ1v) is 7.73. The van der Waals surface area contributed by atoms with E-state index in [9.17, 15) is 0 Å². The van der Waals surface area contributed by atoms with Crippen molar-refractivity contribution < 1.29 is 4.74 Å². The van der Waals surface area contributed by atoms with E-state index < -0.39 is 0 Å². The van der Waals surface area contributed by atoms with Crippen molar-refractivity contribution in [1.29, 1.82) is 0 Å². The van der Waals surface area contributed by atoms with E-state index in [1.54, 1.807) is 12.1 Å². The van der Waals surface area contributed by atoms with E-state index in [0.29, 0.717) is 16.7 Å². The zero-order chi connectivity index (χ0) is 15.2. The predicted octanol–water partition coefficient (Wildman–Crippen LogP) is 4.99. The molecule has 0 fully saturated rings. The number of nitrogens with one attached hydrogen (secondary N) is 1. The fraction of sp³-hybridized carbons (Fsp3) is 0.294.